The number of ether oxygens (including phenoxy) is 1. The molecule has 2 N–H and O–H groups in total. The molecule has 0 aliphatic carbocycles. The van der Waals surface area contributed by atoms with Gasteiger partial charge < -0.3 is 10.5 Å². The van der Waals surface area contributed by atoms with E-state index in [1.165, 1.54) is 11.1 Å². The number of benzene rings is 1. The van der Waals surface area contributed by atoms with Crippen LogP contribution in [0.3, 0.4) is 0 Å². The second-order valence-electron chi connectivity index (χ2n) is 6.10. The molecule has 0 bridgehead atoms. The molecule has 0 spiro atoms. The summed E-state index contributed by atoms with van der Waals surface area (Å²) in [5.74, 6) is 0. The summed E-state index contributed by atoms with van der Waals surface area (Å²) in [4.78, 5) is 2.25. The van der Waals surface area contributed by atoms with E-state index in [4.69, 9.17) is 10.5 Å². The molecule has 0 heterocycles. The summed E-state index contributed by atoms with van der Waals surface area (Å²) >= 11 is 0. The Balaban J connectivity index is 2.82. The highest BCUT2D eigenvalue weighted by Crippen LogP contribution is 2.25. The van der Waals surface area contributed by atoms with E-state index in [0.717, 1.165) is 13.2 Å². The lowest BCUT2D eigenvalue weighted by molar-refractivity contribution is 0.140. The fourth-order valence-electron chi connectivity index (χ4n) is 2.17. The van der Waals surface area contributed by atoms with E-state index in [1.54, 1.807) is 7.11 Å². The van der Waals surface area contributed by atoms with Crippen molar-refractivity contribution in [1.29, 1.82) is 0 Å². The van der Waals surface area contributed by atoms with Crippen molar-refractivity contribution in [1.82, 2.24) is 4.90 Å². The first-order valence-corrected chi connectivity index (χ1v) is 6.90. The molecule has 1 aromatic carbocycles. The molecular formula is C16H28N2O. The van der Waals surface area contributed by atoms with E-state index >= 15 is 0 Å². The molecule has 1 aromatic rings. The Morgan fingerprint density at radius 1 is 1.21 bits per heavy atom. The van der Waals surface area contributed by atoms with Gasteiger partial charge in [0.15, 0.2) is 0 Å². The van der Waals surface area contributed by atoms with Gasteiger partial charge in [-0.2, -0.15) is 0 Å². The normalized spacial score (nSPS) is 13.8. The van der Waals surface area contributed by atoms with Gasteiger partial charge in [0.25, 0.3) is 0 Å². The van der Waals surface area contributed by atoms with Crippen molar-refractivity contribution in [2.75, 3.05) is 33.9 Å². The van der Waals surface area contributed by atoms with Gasteiger partial charge in [0.1, 0.15) is 0 Å². The SMILES string of the molecule is COCCN(C)C(CN)c1ccc(C(C)(C)C)cc1. The van der Waals surface area contributed by atoms with Crippen LogP contribution in [0, 0.1) is 0 Å². The topological polar surface area (TPSA) is 38.5 Å². The summed E-state index contributed by atoms with van der Waals surface area (Å²) in [6, 6.07) is 9.07. The van der Waals surface area contributed by atoms with Crippen LogP contribution in [0.15, 0.2) is 24.3 Å². The fraction of sp³-hybridized carbons (Fsp3) is 0.625. The van der Waals surface area contributed by atoms with Crippen molar-refractivity contribution in [2.24, 2.45) is 5.73 Å². The van der Waals surface area contributed by atoms with Gasteiger partial charge >= 0.3 is 0 Å². The van der Waals surface area contributed by atoms with Crippen molar-refractivity contribution in [2.45, 2.75) is 32.2 Å². The van der Waals surface area contributed by atoms with Crippen LogP contribution in [-0.4, -0.2) is 38.8 Å². The number of likely N-dealkylation sites (N-methyl/N-ethyl adjacent to an activating group) is 1. The number of hydrogen-bond acceptors (Lipinski definition) is 3. The van der Waals surface area contributed by atoms with E-state index in [9.17, 15) is 0 Å². The maximum Gasteiger partial charge on any atom is 0.0589 e. The minimum Gasteiger partial charge on any atom is -0.383 e. The summed E-state index contributed by atoms with van der Waals surface area (Å²) < 4.78 is 5.12. The Hall–Kier alpha value is -0.900. The summed E-state index contributed by atoms with van der Waals surface area (Å²) in [5, 5.41) is 0. The predicted molar refractivity (Wildman–Crippen MR) is 81.4 cm³/mol. The second kappa shape index (κ2) is 7.04. The van der Waals surface area contributed by atoms with Crippen LogP contribution in [0.5, 0.6) is 0 Å². The van der Waals surface area contributed by atoms with Crippen molar-refractivity contribution in [3.8, 4) is 0 Å². The molecule has 3 heteroatoms. The molecule has 0 radical (unpaired) electrons. The van der Waals surface area contributed by atoms with E-state index in [-0.39, 0.29) is 11.5 Å². The van der Waals surface area contributed by atoms with Crippen molar-refractivity contribution in [3.05, 3.63) is 35.4 Å². The molecule has 3 nitrogen and oxygen atoms in total. The maximum absolute atomic E-state index is 5.92. The van der Waals surface area contributed by atoms with Gasteiger partial charge in [-0.25, -0.2) is 0 Å². The molecule has 0 amide bonds. The third kappa shape index (κ3) is 4.60. The fourth-order valence-corrected chi connectivity index (χ4v) is 2.17. The maximum atomic E-state index is 5.92. The lowest BCUT2D eigenvalue weighted by atomic mass is 9.86. The lowest BCUT2D eigenvalue weighted by Gasteiger charge is -2.28. The quantitative estimate of drug-likeness (QED) is 0.858. The van der Waals surface area contributed by atoms with E-state index in [2.05, 4.69) is 57.0 Å². The summed E-state index contributed by atoms with van der Waals surface area (Å²) in [6.45, 7) is 8.93. The largest absolute Gasteiger partial charge is 0.383 e. The van der Waals surface area contributed by atoms with Gasteiger partial charge in [0.05, 0.1) is 6.61 Å². The van der Waals surface area contributed by atoms with Gasteiger partial charge in [0.2, 0.25) is 0 Å². The summed E-state index contributed by atoms with van der Waals surface area (Å²) in [7, 11) is 3.82. The average molecular weight is 264 g/mol. The van der Waals surface area contributed by atoms with Gasteiger partial charge in [-0.05, 0) is 23.6 Å². The van der Waals surface area contributed by atoms with Crippen LogP contribution in [-0.2, 0) is 10.2 Å². The first kappa shape index (κ1) is 16.2. The highest BCUT2D eigenvalue weighted by atomic mass is 16.5. The number of nitrogens with zero attached hydrogens (tertiary/aromatic N) is 1. The van der Waals surface area contributed by atoms with Crippen LogP contribution in [0.4, 0.5) is 0 Å². The highest BCUT2D eigenvalue weighted by molar-refractivity contribution is 5.29. The molecule has 0 aromatic heterocycles. The standard InChI is InChI=1S/C16H28N2O/c1-16(2,3)14-8-6-13(7-9-14)15(12-17)18(4)10-11-19-5/h6-9,15H,10-12,17H2,1-5H3. The van der Waals surface area contributed by atoms with Crippen LogP contribution in [0.2, 0.25) is 0 Å². The zero-order valence-corrected chi connectivity index (χ0v) is 12.9. The molecular weight excluding hydrogens is 236 g/mol. The zero-order chi connectivity index (χ0) is 14.5. The Bertz CT molecular complexity index is 367. The second-order valence-corrected chi connectivity index (χ2v) is 6.10. The Labute approximate surface area is 117 Å². The number of rotatable bonds is 6. The molecule has 19 heavy (non-hydrogen) atoms. The van der Waals surface area contributed by atoms with E-state index in [0.29, 0.717) is 6.54 Å². The molecule has 0 aliphatic heterocycles. The van der Waals surface area contributed by atoms with Gasteiger partial charge in [-0.1, -0.05) is 45.0 Å². The third-order valence-electron chi connectivity index (χ3n) is 3.56. The van der Waals surface area contributed by atoms with Gasteiger partial charge in [-0.3, -0.25) is 4.90 Å². The molecule has 0 saturated carbocycles. The van der Waals surface area contributed by atoms with Crippen molar-refractivity contribution < 1.29 is 4.74 Å². The first-order chi connectivity index (χ1) is 8.90. The number of nitrogens with two attached hydrogens (primary N) is 1. The predicted octanol–water partition coefficient (Wildman–Crippen LogP) is 2.56. The van der Waals surface area contributed by atoms with Crippen LogP contribution in [0.1, 0.15) is 37.9 Å². The Kier molecular flexibility index (Phi) is 5.98. The number of methoxy groups -OCH3 is 1. The van der Waals surface area contributed by atoms with E-state index in [1.807, 2.05) is 0 Å². The third-order valence-corrected chi connectivity index (χ3v) is 3.56. The average Bonchev–Trinajstić information content (AvgIpc) is 2.37. The van der Waals surface area contributed by atoms with Crippen LogP contribution < -0.4 is 5.73 Å². The van der Waals surface area contributed by atoms with Crippen LogP contribution in [0.25, 0.3) is 0 Å². The van der Waals surface area contributed by atoms with Gasteiger partial charge in [0, 0.05) is 26.2 Å². The molecule has 0 saturated heterocycles. The van der Waals surface area contributed by atoms with Crippen LogP contribution >= 0.6 is 0 Å². The minimum atomic E-state index is 0.193. The first-order valence-electron chi connectivity index (χ1n) is 6.90. The van der Waals surface area contributed by atoms with Crippen molar-refractivity contribution in [3.63, 3.8) is 0 Å². The van der Waals surface area contributed by atoms with Crippen molar-refractivity contribution >= 4 is 0 Å². The summed E-state index contributed by atoms with van der Waals surface area (Å²) in [6.07, 6.45) is 0. The summed E-state index contributed by atoms with van der Waals surface area (Å²) in [5.41, 5.74) is 8.74. The monoisotopic (exact) mass is 264 g/mol. The zero-order valence-electron chi connectivity index (χ0n) is 12.9. The smallest absolute Gasteiger partial charge is 0.0589 e. The molecule has 108 valence electrons. The molecule has 1 atom stereocenters. The molecule has 0 aliphatic rings. The Morgan fingerprint density at radius 2 is 1.79 bits per heavy atom. The Morgan fingerprint density at radius 3 is 2.21 bits per heavy atom. The highest BCUT2D eigenvalue weighted by Gasteiger charge is 2.17. The van der Waals surface area contributed by atoms with Gasteiger partial charge in [-0.15, -0.1) is 0 Å². The minimum absolute atomic E-state index is 0.193. The lowest BCUT2D eigenvalue weighted by Crippen LogP contribution is -2.33. The number of hydrogen-bond donors (Lipinski definition) is 1. The molecule has 1 unspecified atom stereocenters. The van der Waals surface area contributed by atoms with E-state index < -0.39 is 0 Å². The molecule has 1 rings (SSSR count). The molecule has 0 fully saturated rings.